The second-order valence-electron chi connectivity index (χ2n) is 9.12. The minimum absolute atomic E-state index is 0.0309. The van der Waals surface area contributed by atoms with E-state index in [2.05, 4.69) is 36.1 Å². The molecule has 0 aliphatic heterocycles. The third-order valence-corrected chi connectivity index (χ3v) is 8.45. The smallest absolute Gasteiger partial charge is 0.220 e. The number of rotatable bonds is 9. The van der Waals surface area contributed by atoms with E-state index >= 15 is 0 Å². The fraction of sp³-hybridized carbons (Fsp3) is 0.520. The third kappa shape index (κ3) is 6.62. The van der Waals surface area contributed by atoms with Crippen molar-refractivity contribution in [1.82, 2.24) is 15.2 Å². The molecule has 32 heavy (non-hydrogen) atoms. The predicted molar refractivity (Wildman–Crippen MR) is 127 cm³/mol. The molecule has 3 atom stereocenters. The van der Waals surface area contributed by atoms with Crippen LogP contribution in [-0.2, 0) is 21.1 Å². The van der Waals surface area contributed by atoms with Gasteiger partial charge in [-0.25, -0.2) is 8.42 Å². The van der Waals surface area contributed by atoms with Gasteiger partial charge in [-0.3, -0.25) is 9.78 Å². The molecule has 6 nitrogen and oxygen atoms in total. The van der Waals surface area contributed by atoms with Gasteiger partial charge in [0.15, 0.2) is 9.84 Å². The molecule has 3 rings (SSSR count). The van der Waals surface area contributed by atoms with Gasteiger partial charge in [0.2, 0.25) is 5.91 Å². The number of amides is 1. The van der Waals surface area contributed by atoms with Gasteiger partial charge in [0, 0.05) is 36.9 Å². The van der Waals surface area contributed by atoms with E-state index in [-0.39, 0.29) is 23.6 Å². The van der Waals surface area contributed by atoms with Gasteiger partial charge in [-0.2, -0.15) is 0 Å². The van der Waals surface area contributed by atoms with E-state index in [1.165, 1.54) is 0 Å². The Hall–Kier alpha value is -2.25. The maximum atomic E-state index is 13.1. The first-order valence-corrected chi connectivity index (χ1v) is 13.1. The maximum Gasteiger partial charge on any atom is 0.220 e. The normalized spacial score (nSPS) is 21.6. The van der Waals surface area contributed by atoms with Crippen LogP contribution in [0.15, 0.2) is 59.8 Å². The lowest BCUT2D eigenvalue weighted by molar-refractivity contribution is -0.122. The molecule has 2 aromatic rings. The molecule has 1 N–H and O–H groups in total. The lowest BCUT2D eigenvalue weighted by Crippen LogP contribution is -2.51. The van der Waals surface area contributed by atoms with Crippen molar-refractivity contribution < 1.29 is 13.2 Å². The molecule has 1 aromatic heterocycles. The van der Waals surface area contributed by atoms with Gasteiger partial charge in [-0.1, -0.05) is 24.3 Å². The number of aromatic nitrogens is 1. The molecule has 1 heterocycles. The van der Waals surface area contributed by atoms with Crippen LogP contribution in [0.2, 0.25) is 0 Å². The van der Waals surface area contributed by atoms with Crippen molar-refractivity contribution in [1.29, 1.82) is 0 Å². The fourth-order valence-electron chi connectivity index (χ4n) is 4.49. The van der Waals surface area contributed by atoms with Crippen LogP contribution in [0.1, 0.15) is 45.1 Å². The highest BCUT2D eigenvalue weighted by Gasteiger charge is 2.36. The summed E-state index contributed by atoms with van der Waals surface area (Å²) in [5, 5.41) is 3.16. The Morgan fingerprint density at radius 3 is 2.56 bits per heavy atom. The van der Waals surface area contributed by atoms with Gasteiger partial charge < -0.3 is 10.2 Å². The van der Waals surface area contributed by atoms with Crippen LogP contribution in [0.3, 0.4) is 0 Å². The number of hydrogen-bond donors (Lipinski definition) is 1. The van der Waals surface area contributed by atoms with Crippen LogP contribution in [0.5, 0.6) is 0 Å². The fourth-order valence-corrected chi connectivity index (χ4v) is 6.19. The molecule has 174 valence electrons. The zero-order valence-corrected chi connectivity index (χ0v) is 20.1. The second kappa shape index (κ2) is 11.1. The summed E-state index contributed by atoms with van der Waals surface area (Å²) in [6, 6.07) is 13.0. The molecular weight excluding hydrogens is 422 g/mol. The molecule has 0 bridgehead atoms. The highest BCUT2D eigenvalue weighted by molar-refractivity contribution is 7.91. The van der Waals surface area contributed by atoms with Crippen LogP contribution in [0, 0.1) is 5.92 Å². The summed E-state index contributed by atoms with van der Waals surface area (Å²) >= 11 is 0. The Bertz CT molecular complexity index is 964. The SMILES string of the molecule is CC(C)N(C)C1CCC(NC(=O)CCc2cccnc2)C(CS(=O)(=O)c2ccccc2)C1. The van der Waals surface area contributed by atoms with Crippen molar-refractivity contribution in [3.8, 4) is 0 Å². The van der Waals surface area contributed by atoms with Crippen molar-refractivity contribution >= 4 is 15.7 Å². The molecule has 0 spiro atoms. The van der Waals surface area contributed by atoms with Crippen LogP contribution >= 0.6 is 0 Å². The number of aryl methyl sites for hydroxylation is 1. The quantitative estimate of drug-likeness (QED) is 0.624. The van der Waals surface area contributed by atoms with Crippen molar-refractivity contribution in [3.63, 3.8) is 0 Å². The summed E-state index contributed by atoms with van der Waals surface area (Å²) in [7, 11) is -1.33. The van der Waals surface area contributed by atoms with Crippen LogP contribution in [0.4, 0.5) is 0 Å². The Morgan fingerprint density at radius 1 is 1.16 bits per heavy atom. The molecule has 1 amide bonds. The highest BCUT2D eigenvalue weighted by Crippen LogP contribution is 2.31. The van der Waals surface area contributed by atoms with Gasteiger partial charge >= 0.3 is 0 Å². The number of nitrogens with one attached hydrogen (secondary N) is 1. The first kappa shape index (κ1) is 24.4. The van der Waals surface area contributed by atoms with Crippen molar-refractivity contribution in [3.05, 3.63) is 60.4 Å². The lowest BCUT2D eigenvalue weighted by atomic mass is 9.81. The van der Waals surface area contributed by atoms with E-state index in [9.17, 15) is 13.2 Å². The summed E-state index contributed by atoms with van der Waals surface area (Å²) in [4.78, 5) is 19.5. The van der Waals surface area contributed by atoms with E-state index in [0.717, 1.165) is 24.8 Å². The summed E-state index contributed by atoms with van der Waals surface area (Å²) in [6.45, 7) is 4.31. The molecule has 1 saturated carbocycles. The van der Waals surface area contributed by atoms with E-state index in [1.54, 1.807) is 36.7 Å². The van der Waals surface area contributed by atoms with Crippen molar-refractivity contribution in [2.45, 2.75) is 69.0 Å². The zero-order valence-electron chi connectivity index (χ0n) is 19.3. The third-order valence-electron chi connectivity index (χ3n) is 6.59. The van der Waals surface area contributed by atoms with Gasteiger partial charge in [0.1, 0.15) is 0 Å². The van der Waals surface area contributed by atoms with E-state index in [1.807, 2.05) is 18.2 Å². The molecule has 1 aromatic carbocycles. The number of pyridine rings is 1. The first-order chi connectivity index (χ1) is 15.3. The Morgan fingerprint density at radius 2 is 1.91 bits per heavy atom. The minimum Gasteiger partial charge on any atom is -0.353 e. The Kier molecular flexibility index (Phi) is 8.43. The summed E-state index contributed by atoms with van der Waals surface area (Å²) in [5.41, 5.74) is 1.02. The topological polar surface area (TPSA) is 79.4 Å². The van der Waals surface area contributed by atoms with Crippen LogP contribution in [-0.4, -0.2) is 55.1 Å². The predicted octanol–water partition coefficient (Wildman–Crippen LogP) is 3.48. The molecule has 1 fully saturated rings. The zero-order chi connectivity index (χ0) is 23.1. The maximum absolute atomic E-state index is 13.1. The van der Waals surface area contributed by atoms with Crippen LogP contribution in [0.25, 0.3) is 0 Å². The van der Waals surface area contributed by atoms with Crippen molar-refractivity contribution in [2.24, 2.45) is 5.92 Å². The molecule has 7 heteroatoms. The van der Waals surface area contributed by atoms with E-state index in [4.69, 9.17) is 0 Å². The molecular formula is C25H35N3O3S. The number of nitrogens with zero attached hydrogens (tertiary/aromatic N) is 2. The molecule has 0 radical (unpaired) electrons. The number of carbonyl (C=O) groups excluding carboxylic acids is 1. The van der Waals surface area contributed by atoms with Gasteiger partial charge in [0.25, 0.3) is 0 Å². The second-order valence-corrected chi connectivity index (χ2v) is 11.2. The van der Waals surface area contributed by atoms with E-state index in [0.29, 0.717) is 29.8 Å². The number of carbonyl (C=O) groups is 1. The first-order valence-electron chi connectivity index (χ1n) is 11.4. The number of benzene rings is 1. The summed E-state index contributed by atoms with van der Waals surface area (Å²) in [6.07, 6.45) is 6.98. The largest absolute Gasteiger partial charge is 0.353 e. The molecule has 0 saturated heterocycles. The van der Waals surface area contributed by atoms with Crippen LogP contribution < -0.4 is 5.32 Å². The minimum atomic E-state index is -3.43. The lowest BCUT2D eigenvalue weighted by Gasteiger charge is -2.41. The average molecular weight is 458 g/mol. The average Bonchev–Trinajstić information content (AvgIpc) is 2.79. The number of hydrogen-bond acceptors (Lipinski definition) is 5. The molecule has 1 aliphatic carbocycles. The van der Waals surface area contributed by atoms with Crippen molar-refractivity contribution in [2.75, 3.05) is 12.8 Å². The van der Waals surface area contributed by atoms with Gasteiger partial charge in [-0.05, 0) is 76.3 Å². The molecule has 3 unspecified atom stereocenters. The van der Waals surface area contributed by atoms with E-state index < -0.39 is 9.84 Å². The van der Waals surface area contributed by atoms with Gasteiger partial charge in [-0.15, -0.1) is 0 Å². The Labute approximate surface area is 192 Å². The number of sulfone groups is 1. The molecule has 1 aliphatic rings. The monoisotopic (exact) mass is 457 g/mol. The van der Waals surface area contributed by atoms with Gasteiger partial charge in [0.05, 0.1) is 10.6 Å². The standard InChI is InChI=1S/C25H35N3O3S/c1-19(2)28(3)22-12-13-24(27-25(29)14-11-20-8-7-15-26-17-20)21(16-22)18-32(30,31)23-9-5-4-6-10-23/h4-10,15,17,19,21-22,24H,11-14,16,18H2,1-3H3,(H,27,29). The Balaban J connectivity index is 1.70. The summed E-state index contributed by atoms with van der Waals surface area (Å²) < 4.78 is 26.2. The highest BCUT2D eigenvalue weighted by atomic mass is 32.2. The summed E-state index contributed by atoms with van der Waals surface area (Å²) in [5.74, 6) is -0.105.